The molecular formula is C24H28ClN3O5. The molecule has 0 saturated heterocycles. The quantitative estimate of drug-likeness (QED) is 0.443. The molecule has 0 aliphatic rings. The molecule has 33 heavy (non-hydrogen) atoms. The zero-order valence-corrected chi connectivity index (χ0v) is 19.9. The van der Waals surface area contributed by atoms with E-state index < -0.39 is 5.76 Å². The number of likely N-dealkylation sites (N-methyl/N-ethyl adjacent to an activating group) is 1. The van der Waals surface area contributed by atoms with Gasteiger partial charge in [0.15, 0.2) is 17.1 Å². The molecule has 2 aromatic carbocycles. The van der Waals surface area contributed by atoms with Crippen molar-refractivity contribution in [1.82, 2.24) is 9.47 Å². The van der Waals surface area contributed by atoms with Crippen molar-refractivity contribution in [3.05, 3.63) is 57.5 Å². The van der Waals surface area contributed by atoms with Gasteiger partial charge in [-0.15, -0.1) is 0 Å². The van der Waals surface area contributed by atoms with Gasteiger partial charge in [-0.2, -0.15) is 0 Å². The summed E-state index contributed by atoms with van der Waals surface area (Å²) in [4.78, 5) is 26.6. The Balaban J connectivity index is 1.75. The predicted molar refractivity (Wildman–Crippen MR) is 130 cm³/mol. The topological polar surface area (TPSA) is 85.9 Å². The summed E-state index contributed by atoms with van der Waals surface area (Å²) in [5.74, 6) is 0.224. The standard InChI is InChI=1S/C24H28ClN3O5/c1-5-12-32-23-18(25)13-16(14-21(23)31-4)6-9-22(29)26-17-7-8-20-19(15-17)28(24(30)33-20)11-10-27(2)3/h6-9,13-15H,5,10-12H2,1-4H3,(H,26,29)/b9-6+. The molecule has 3 aromatic rings. The molecule has 9 heteroatoms. The summed E-state index contributed by atoms with van der Waals surface area (Å²) in [6, 6.07) is 8.54. The van der Waals surface area contributed by atoms with Gasteiger partial charge in [-0.25, -0.2) is 4.79 Å². The molecule has 0 aliphatic carbocycles. The second-order valence-corrected chi connectivity index (χ2v) is 8.12. The van der Waals surface area contributed by atoms with E-state index in [2.05, 4.69) is 5.32 Å². The van der Waals surface area contributed by atoms with Crippen LogP contribution in [-0.2, 0) is 11.3 Å². The molecule has 8 nitrogen and oxygen atoms in total. The molecule has 1 N–H and O–H groups in total. The molecule has 1 amide bonds. The number of carbonyl (C=O) groups is 1. The fourth-order valence-corrected chi connectivity index (χ4v) is 3.46. The number of hydrogen-bond acceptors (Lipinski definition) is 6. The molecule has 0 bridgehead atoms. The molecule has 0 unspecified atom stereocenters. The number of fused-ring (bicyclic) bond motifs is 1. The summed E-state index contributed by atoms with van der Waals surface area (Å²) in [6.45, 7) is 3.69. The molecule has 0 aliphatic heterocycles. The van der Waals surface area contributed by atoms with Gasteiger partial charge >= 0.3 is 5.76 Å². The summed E-state index contributed by atoms with van der Waals surface area (Å²) in [7, 11) is 5.40. The highest BCUT2D eigenvalue weighted by molar-refractivity contribution is 6.32. The second kappa shape index (κ2) is 11.1. The highest BCUT2D eigenvalue weighted by Crippen LogP contribution is 2.36. The van der Waals surface area contributed by atoms with E-state index in [0.29, 0.717) is 58.6 Å². The van der Waals surface area contributed by atoms with E-state index in [9.17, 15) is 9.59 Å². The summed E-state index contributed by atoms with van der Waals surface area (Å²) in [6.07, 6.45) is 3.88. The van der Waals surface area contributed by atoms with E-state index >= 15 is 0 Å². The Labute approximate surface area is 197 Å². The first-order valence-electron chi connectivity index (χ1n) is 10.6. The summed E-state index contributed by atoms with van der Waals surface area (Å²) < 4.78 is 17.9. The van der Waals surface area contributed by atoms with E-state index in [1.165, 1.54) is 13.2 Å². The first-order chi connectivity index (χ1) is 15.8. The van der Waals surface area contributed by atoms with Crippen molar-refractivity contribution in [3.8, 4) is 11.5 Å². The lowest BCUT2D eigenvalue weighted by Gasteiger charge is -2.12. The number of ether oxygens (including phenoxy) is 2. The molecule has 176 valence electrons. The van der Waals surface area contributed by atoms with Crippen LogP contribution in [0.4, 0.5) is 5.69 Å². The number of amides is 1. The van der Waals surface area contributed by atoms with E-state index in [0.717, 1.165) is 6.42 Å². The molecule has 0 fully saturated rings. The van der Waals surface area contributed by atoms with Crippen LogP contribution in [0.5, 0.6) is 11.5 Å². The van der Waals surface area contributed by atoms with Gasteiger partial charge in [-0.1, -0.05) is 18.5 Å². The molecular weight excluding hydrogens is 446 g/mol. The van der Waals surface area contributed by atoms with Crippen molar-refractivity contribution in [1.29, 1.82) is 0 Å². The molecule has 0 atom stereocenters. The Morgan fingerprint density at radius 1 is 1.27 bits per heavy atom. The molecule has 3 rings (SSSR count). The van der Waals surface area contributed by atoms with Crippen LogP contribution in [0.1, 0.15) is 18.9 Å². The number of nitrogens with zero attached hydrogens (tertiary/aromatic N) is 2. The summed E-state index contributed by atoms with van der Waals surface area (Å²) in [5, 5.41) is 3.21. The van der Waals surface area contributed by atoms with E-state index in [4.69, 9.17) is 25.5 Å². The van der Waals surface area contributed by atoms with E-state index in [-0.39, 0.29) is 5.91 Å². The van der Waals surface area contributed by atoms with Crippen molar-refractivity contribution in [2.45, 2.75) is 19.9 Å². The van der Waals surface area contributed by atoms with Crippen LogP contribution in [0.3, 0.4) is 0 Å². The Kier molecular flexibility index (Phi) is 8.19. The highest BCUT2D eigenvalue weighted by atomic mass is 35.5. The minimum Gasteiger partial charge on any atom is -0.493 e. The van der Waals surface area contributed by atoms with Crippen molar-refractivity contribution in [3.63, 3.8) is 0 Å². The Morgan fingerprint density at radius 2 is 2.06 bits per heavy atom. The Morgan fingerprint density at radius 3 is 2.76 bits per heavy atom. The number of hydrogen-bond donors (Lipinski definition) is 1. The first kappa shape index (κ1) is 24.4. The number of nitrogens with one attached hydrogen (secondary N) is 1. The fraction of sp³-hybridized carbons (Fsp3) is 0.333. The van der Waals surface area contributed by atoms with Gasteiger partial charge in [0.25, 0.3) is 0 Å². The van der Waals surface area contributed by atoms with Crippen molar-refractivity contribution in [2.75, 3.05) is 39.7 Å². The fourth-order valence-electron chi connectivity index (χ4n) is 3.19. The van der Waals surface area contributed by atoms with Crippen LogP contribution in [0.2, 0.25) is 5.02 Å². The van der Waals surface area contributed by atoms with E-state index in [1.54, 1.807) is 41.0 Å². The highest BCUT2D eigenvalue weighted by Gasteiger charge is 2.12. The number of carbonyl (C=O) groups excluding carboxylic acids is 1. The maximum atomic E-state index is 12.5. The molecule has 0 spiro atoms. The predicted octanol–water partition coefficient (Wildman–Crippen LogP) is 4.26. The number of aromatic nitrogens is 1. The minimum absolute atomic E-state index is 0.332. The first-order valence-corrected chi connectivity index (χ1v) is 11.0. The average Bonchev–Trinajstić information content (AvgIpc) is 3.09. The van der Waals surface area contributed by atoms with Crippen LogP contribution in [-0.4, -0.2) is 49.7 Å². The Hall–Kier alpha value is -3.23. The maximum Gasteiger partial charge on any atom is 0.419 e. The Bertz CT molecular complexity index is 1210. The number of anilines is 1. The SMILES string of the molecule is CCCOc1c(Cl)cc(/C=C/C(=O)Nc2ccc3oc(=O)n(CCN(C)C)c3c2)cc1OC. The van der Waals surface area contributed by atoms with Crippen LogP contribution in [0.25, 0.3) is 17.2 Å². The van der Waals surface area contributed by atoms with Gasteiger partial charge in [-0.05, 0) is 62.5 Å². The molecule has 1 heterocycles. The van der Waals surface area contributed by atoms with E-state index in [1.807, 2.05) is 25.9 Å². The third kappa shape index (κ3) is 6.18. The number of oxazole rings is 1. The third-order valence-corrected chi connectivity index (χ3v) is 5.12. The van der Waals surface area contributed by atoms with Crippen LogP contribution in [0.15, 0.2) is 45.6 Å². The lowest BCUT2D eigenvalue weighted by molar-refractivity contribution is -0.111. The van der Waals surface area contributed by atoms with Crippen molar-refractivity contribution >= 4 is 40.4 Å². The van der Waals surface area contributed by atoms with Gasteiger partial charge in [0, 0.05) is 24.9 Å². The van der Waals surface area contributed by atoms with Crippen LogP contribution >= 0.6 is 11.6 Å². The minimum atomic E-state index is -0.424. The summed E-state index contributed by atoms with van der Waals surface area (Å²) in [5.41, 5.74) is 2.34. The number of halogens is 1. The molecule has 0 saturated carbocycles. The van der Waals surface area contributed by atoms with Gasteiger partial charge in [0.05, 0.1) is 24.3 Å². The third-order valence-electron chi connectivity index (χ3n) is 4.84. The molecule has 1 aromatic heterocycles. The number of methoxy groups -OCH3 is 1. The van der Waals surface area contributed by atoms with Crippen LogP contribution in [0, 0.1) is 0 Å². The summed E-state index contributed by atoms with van der Waals surface area (Å²) >= 11 is 6.33. The largest absolute Gasteiger partial charge is 0.493 e. The smallest absolute Gasteiger partial charge is 0.419 e. The second-order valence-electron chi connectivity index (χ2n) is 7.71. The average molecular weight is 474 g/mol. The normalized spacial score (nSPS) is 11.5. The molecule has 0 radical (unpaired) electrons. The van der Waals surface area contributed by atoms with Crippen LogP contribution < -0.4 is 20.5 Å². The maximum absolute atomic E-state index is 12.5. The van der Waals surface area contributed by atoms with Gasteiger partial charge in [0.1, 0.15) is 0 Å². The monoisotopic (exact) mass is 473 g/mol. The van der Waals surface area contributed by atoms with Crippen molar-refractivity contribution < 1.29 is 18.7 Å². The van der Waals surface area contributed by atoms with Crippen molar-refractivity contribution in [2.24, 2.45) is 0 Å². The van der Waals surface area contributed by atoms with Gasteiger partial charge < -0.3 is 24.1 Å². The zero-order valence-electron chi connectivity index (χ0n) is 19.2. The number of benzene rings is 2. The zero-order chi connectivity index (χ0) is 24.0. The van der Waals surface area contributed by atoms with Gasteiger partial charge in [-0.3, -0.25) is 9.36 Å². The lowest BCUT2D eigenvalue weighted by atomic mass is 10.2. The van der Waals surface area contributed by atoms with Gasteiger partial charge in [0.2, 0.25) is 5.91 Å². The number of rotatable bonds is 10. The lowest BCUT2D eigenvalue weighted by Crippen LogP contribution is -2.23.